The number of carbonyl (C=O) groups excluding carboxylic acids is 2. The molecule has 0 bridgehead atoms. The lowest BCUT2D eigenvalue weighted by Gasteiger charge is -2.42. The summed E-state index contributed by atoms with van der Waals surface area (Å²) in [6.07, 6.45) is 4.11. The Labute approximate surface area is 154 Å². The van der Waals surface area contributed by atoms with Gasteiger partial charge in [0.05, 0.1) is 6.54 Å². The minimum Gasteiger partial charge on any atom is -0.343 e. The van der Waals surface area contributed by atoms with Crippen LogP contribution in [0.1, 0.15) is 18.4 Å². The lowest BCUT2D eigenvalue weighted by molar-refractivity contribution is -0.132. The second kappa shape index (κ2) is 8.71. The molecule has 1 fully saturated rings. The topological polar surface area (TPSA) is 89.9 Å². The molecule has 2 amide bonds. The molecule has 1 aliphatic rings. The first kappa shape index (κ1) is 19.8. The van der Waals surface area contributed by atoms with Crippen molar-refractivity contribution in [3.05, 3.63) is 40.9 Å². The summed E-state index contributed by atoms with van der Waals surface area (Å²) in [7, 11) is -0.785. The molecular weight excluding hydrogens is 364 g/mol. The van der Waals surface area contributed by atoms with Crippen molar-refractivity contribution in [2.45, 2.75) is 18.9 Å². The molecule has 1 aromatic rings. The molecular formula is C17H23ClN2O4S. The molecule has 1 heterocycles. The fraction of sp³-hybridized carbons (Fsp3) is 0.412. The number of nitrogens with zero attached hydrogens (tertiary/aromatic N) is 1. The van der Waals surface area contributed by atoms with Gasteiger partial charge in [0.15, 0.2) is 0 Å². The number of hydrogen-bond donors (Lipinski definition) is 3. The van der Waals surface area contributed by atoms with Crippen molar-refractivity contribution in [2.24, 2.45) is 0 Å². The van der Waals surface area contributed by atoms with E-state index in [-0.39, 0.29) is 24.4 Å². The number of carbonyl (C=O) groups is 2. The molecule has 1 aliphatic heterocycles. The number of amides is 2. The minimum absolute atomic E-state index is 0.0219. The molecule has 0 atom stereocenters. The highest BCUT2D eigenvalue weighted by Crippen LogP contribution is 2.44. The summed E-state index contributed by atoms with van der Waals surface area (Å²) < 4.78 is 19.2. The summed E-state index contributed by atoms with van der Waals surface area (Å²) in [6.45, 7) is -0.0953. The molecule has 0 unspecified atom stereocenters. The number of benzene rings is 1. The molecule has 1 aromatic carbocycles. The van der Waals surface area contributed by atoms with Gasteiger partial charge in [0.25, 0.3) is 0 Å². The minimum atomic E-state index is -2.46. The quantitative estimate of drug-likeness (QED) is 0.679. The van der Waals surface area contributed by atoms with E-state index in [9.17, 15) is 18.7 Å². The maximum atomic E-state index is 12.2. The number of likely N-dealkylation sites (N-methyl/N-ethyl adjacent to an activating group) is 1. The Kier molecular flexibility index (Phi) is 6.89. The number of halogens is 1. The Hall–Kier alpha value is -1.54. The van der Waals surface area contributed by atoms with Crippen LogP contribution in [0.15, 0.2) is 30.3 Å². The van der Waals surface area contributed by atoms with Crippen LogP contribution in [0.4, 0.5) is 0 Å². The van der Waals surface area contributed by atoms with Crippen LogP contribution in [-0.2, 0) is 9.59 Å². The van der Waals surface area contributed by atoms with Crippen LogP contribution in [0.3, 0.4) is 0 Å². The van der Waals surface area contributed by atoms with Crippen LogP contribution in [-0.4, -0.2) is 57.0 Å². The van der Waals surface area contributed by atoms with Gasteiger partial charge < -0.3 is 10.2 Å². The summed E-state index contributed by atoms with van der Waals surface area (Å²) in [5.41, 5.74) is 0.798. The van der Waals surface area contributed by atoms with Gasteiger partial charge in [-0.3, -0.25) is 18.7 Å². The standard InChI is InChI=1S/C17H23ClN2O4S/c1-20(15-7-9-25(23,24)10-8-15)17(22)12-19-16(21)6-5-13-3-2-4-14(18)11-13/h2-6,11,15,23-24H,7-10,12H2,1H3,(H,19,21). The molecule has 0 spiro atoms. The third-order valence-electron chi connectivity index (χ3n) is 4.19. The van der Waals surface area contributed by atoms with Gasteiger partial charge in [0.2, 0.25) is 11.8 Å². The van der Waals surface area contributed by atoms with Gasteiger partial charge in [0, 0.05) is 35.7 Å². The monoisotopic (exact) mass is 386 g/mol. The lowest BCUT2D eigenvalue weighted by Crippen LogP contribution is -2.45. The predicted molar refractivity (Wildman–Crippen MR) is 102 cm³/mol. The molecule has 2 rings (SSSR count). The van der Waals surface area contributed by atoms with Crippen molar-refractivity contribution in [1.82, 2.24) is 10.2 Å². The fourth-order valence-corrected chi connectivity index (χ4v) is 4.32. The van der Waals surface area contributed by atoms with Gasteiger partial charge >= 0.3 is 0 Å². The van der Waals surface area contributed by atoms with E-state index in [0.29, 0.717) is 29.4 Å². The molecule has 1 saturated heterocycles. The average molecular weight is 387 g/mol. The molecule has 6 nitrogen and oxygen atoms in total. The summed E-state index contributed by atoms with van der Waals surface area (Å²) in [6, 6.07) is 7.07. The number of hydrogen-bond acceptors (Lipinski definition) is 4. The zero-order chi connectivity index (χ0) is 18.4. The van der Waals surface area contributed by atoms with Crippen LogP contribution in [0.25, 0.3) is 6.08 Å². The van der Waals surface area contributed by atoms with E-state index in [0.717, 1.165) is 5.56 Å². The van der Waals surface area contributed by atoms with Crippen LogP contribution >= 0.6 is 22.2 Å². The summed E-state index contributed by atoms with van der Waals surface area (Å²) in [5, 5.41) is 3.15. The first-order valence-corrected chi connectivity index (χ1v) is 10.2. The van der Waals surface area contributed by atoms with Gasteiger partial charge in [0.1, 0.15) is 0 Å². The van der Waals surface area contributed by atoms with Crippen molar-refractivity contribution in [3.63, 3.8) is 0 Å². The Bertz CT molecular complexity index is 656. The van der Waals surface area contributed by atoms with Crippen LogP contribution in [0.5, 0.6) is 0 Å². The number of nitrogens with one attached hydrogen (secondary N) is 1. The van der Waals surface area contributed by atoms with E-state index < -0.39 is 10.6 Å². The van der Waals surface area contributed by atoms with Gasteiger partial charge in [-0.2, -0.15) is 10.6 Å². The van der Waals surface area contributed by atoms with E-state index in [1.807, 2.05) is 6.07 Å². The average Bonchev–Trinajstić information content (AvgIpc) is 2.57. The molecule has 3 N–H and O–H groups in total. The van der Waals surface area contributed by atoms with Crippen LogP contribution in [0.2, 0.25) is 5.02 Å². The maximum Gasteiger partial charge on any atom is 0.244 e. The van der Waals surface area contributed by atoms with Crippen molar-refractivity contribution < 1.29 is 18.7 Å². The summed E-state index contributed by atoms with van der Waals surface area (Å²) >= 11 is 5.87. The van der Waals surface area contributed by atoms with E-state index in [1.54, 1.807) is 36.2 Å². The van der Waals surface area contributed by atoms with E-state index in [4.69, 9.17) is 11.6 Å². The molecule has 25 heavy (non-hydrogen) atoms. The first-order chi connectivity index (χ1) is 11.8. The van der Waals surface area contributed by atoms with Crippen molar-refractivity contribution in [1.29, 1.82) is 0 Å². The largest absolute Gasteiger partial charge is 0.343 e. The second-order valence-electron chi connectivity index (χ2n) is 6.05. The first-order valence-electron chi connectivity index (χ1n) is 7.97. The Balaban J connectivity index is 1.78. The number of rotatable bonds is 5. The van der Waals surface area contributed by atoms with Gasteiger partial charge in [-0.15, -0.1) is 0 Å². The zero-order valence-corrected chi connectivity index (χ0v) is 15.6. The third-order valence-corrected chi connectivity index (χ3v) is 6.20. The lowest BCUT2D eigenvalue weighted by atomic mass is 10.1. The highest BCUT2D eigenvalue weighted by atomic mass is 35.5. The SMILES string of the molecule is CN(C(=O)CNC(=O)C=Cc1cccc(Cl)c1)C1CCS(O)(O)CC1. The highest BCUT2D eigenvalue weighted by Gasteiger charge is 2.28. The van der Waals surface area contributed by atoms with Crippen LogP contribution < -0.4 is 5.32 Å². The summed E-state index contributed by atoms with van der Waals surface area (Å²) in [4.78, 5) is 25.6. The molecule has 138 valence electrons. The molecule has 8 heteroatoms. The Morgan fingerprint density at radius 1 is 1.36 bits per heavy atom. The van der Waals surface area contributed by atoms with E-state index in [2.05, 4.69) is 5.32 Å². The molecule has 0 aliphatic carbocycles. The van der Waals surface area contributed by atoms with Crippen molar-refractivity contribution >= 4 is 40.1 Å². The second-order valence-corrected chi connectivity index (χ2v) is 8.91. The normalized spacial score (nSPS) is 18.7. The van der Waals surface area contributed by atoms with Gasteiger partial charge in [-0.25, -0.2) is 0 Å². The molecule has 0 saturated carbocycles. The summed E-state index contributed by atoms with van der Waals surface area (Å²) in [5.74, 6) is 0.0843. The van der Waals surface area contributed by atoms with Gasteiger partial charge in [-0.05, 0) is 36.6 Å². The Morgan fingerprint density at radius 3 is 2.68 bits per heavy atom. The van der Waals surface area contributed by atoms with E-state index in [1.165, 1.54) is 6.08 Å². The maximum absolute atomic E-state index is 12.2. The highest BCUT2D eigenvalue weighted by molar-refractivity contribution is 8.24. The molecule has 0 radical (unpaired) electrons. The van der Waals surface area contributed by atoms with E-state index >= 15 is 0 Å². The predicted octanol–water partition coefficient (Wildman–Crippen LogP) is 2.84. The van der Waals surface area contributed by atoms with Gasteiger partial charge in [-0.1, -0.05) is 23.7 Å². The smallest absolute Gasteiger partial charge is 0.244 e. The third kappa shape index (κ3) is 6.36. The van der Waals surface area contributed by atoms with Crippen molar-refractivity contribution in [2.75, 3.05) is 25.1 Å². The van der Waals surface area contributed by atoms with Crippen LogP contribution in [0, 0.1) is 0 Å². The zero-order valence-electron chi connectivity index (χ0n) is 14.0. The molecule has 0 aromatic heterocycles. The fourth-order valence-electron chi connectivity index (χ4n) is 2.62. The van der Waals surface area contributed by atoms with Crippen molar-refractivity contribution in [3.8, 4) is 0 Å². The Morgan fingerprint density at radius 2 is 2.04 bits per heavy atom.